The highest BCUT2D eigenvalue weighted by molar-refractivity contribution is 7.99. The van der Waals surface area contributed by atoms with Crippen LogP contribution in [0.15, 0.2) is 48.5 Å². The smallest absolute Gasteiger partial charge is 0.333 e. The van der Waals surface area contributed by atoms with Crippen LogP contribution < -0.4 is 10.1 Å². The summed E-state index contributed by atoms with van der Waals surface area (Å²) in [6.45, 7) is 5.36. The van der Waals surface area contributed by atoms with Gasteiger partial charge in [0.2, 0.25) is 0 Å². The van der Waals surface area contributed by atoms with Gasteiger partial charge in [0.25, 0.3) is 0 Å². The summed E-state index contributed by atoms with van der Waals surface area (Å²) in [7, 11) is 0. The van der Waals surface area contributed by atoms with Gasteiger partial charge in [0.05, 0.1) is 12.2 Å². The molecule has 0 saturated heterocycles. The van der Waals surface area contributed by atoms with Gasteiger partial charge in [-0.25, -0.2) is 14.0 Å². The number of nitrogens with zero attached hydrogens (tertiary/aromatic N) is 1. The molecule has 2 rings (SSSR count). The summed E-state index contributed by atoms with van der Waals surface area (Å²) in [4.78, 5) is 25.7. The highest BCUT2D eigenvalue weighted by Crippen LogP contribution is 2.16. The average molecular weight is 507 g/mol. The first-order valence-corrected chi connectivity index (χ1v) is 13.0. The predicted molar refractivity (Wildman–Crippen MR) is 138 cm³/mol. The van der Waals surface area contributed by atoms with Crippen LogP contribution >= 0.6 is 11.8 Å². The van der Waals surface area contributed by atoms with Crippen molar-refractivity contribution in [3.8, 4) is 5.75 Å². The first kappa shape index (κ1) is 28.5. The van der Waals surface area contributed by atoms with Crippen molar-refractivity contribution in [2.75, 3.05) is 43.1 Å². The normalized spacial score (nSPS) is 11.6. The molecule has 0 spiro atoms. The third kappa shape index (κ3) is 10.6. The molecule has 0 fully saturated rings. The molecular weight excluding hydrogens is 471 g/mol. The Hall–Kier alpha value is -2.78. The number of carboxylic acid groups (broad SMARTS) is 1. The number of ether oxygens (including phenoxy) is 2. The average Bonchev–Trinajstić information content (AvgIpc) is 2.84. The highest BCUT2D eigenvalue weighted by Gasteiger charge is 2.18. The largest absolute Gasteiger partial charge is 0.492 e. The highest BCUT2D eigenvalue weighted by atomic mass is 32.2. The second-order valence-corrected chi connectivity index (χ2v) is 9.07. The van der Waals surface area contributed by atoms with Gasteiger partial charge in [0.15, 0.2) is 6.10 Å². The lowest BCUT2D eigenvalue weighted by atomic mass is 10.1. The second-order valence-electron chi connectivity index (χ2n) is 7.84. The van der Waals surface area contributed by atoms with Crippen LogP contribution in [0.2, 0.25) is 0 Å². The number of carbonyl (C=O) groups is 2. The number of halogens is 1. The zero-order valence-electron chi connectivity index (χ0n) is 20.4. The minimum absolute atomic E-state index is 0.145. The minimum Gasteiger partial charge on any atom is -0.492 e. The molecule has 0 bridgehead atoms. The van der Waals surface area contributed by atoms with Gasteiger partial charge >= 0.3 is 12.0 Å². The van der Waals surface area contributed by atoms with E-state index in [4.69, 9.17) is 9.47 Å². The van der Waals surface area contributed by atoms with Crippen molar-refractivity contribution in [2.45, 2.75) is 39.2 Å². The van der Waals surface area contributed by atoms with Gasteiger partial charge in [0.1, 0.15) is 18.2 Å². The second kappa shape index (κ2) is 16.0. The number of carboxylic acids is 1. The molecule has 2 N–H and O–H groups in total. The van der Waals surface area contributed by atoms with E-state index in [1.54, 1.807) is 48.2 Å². The monoisotopic (exact) mass is 506 g/mol. The van der Waals surface area contributed by atoms with E-state index in [1.165, 1.54) is 12.1 Å². The zero-order chi connectivity index (χ0) is 25.5. The molecule has 2 amide bonds. The maximum Gasteiger partial charge on any atom is 0.333 e. The Balaban J connectivity index is 1.91. The summed E-state index contributed by atoms with van der Waals surface area (Å²) >= 11 is 1.85. The van der Waals surface area contributed by atoms with Crippen molar-refractivity contribution in [1.82, 2.24) is 4.90 Å². The summed E-state index contributed by atoms with van der Waals surface area (Å²) in [5.41, 5.74) is 0.972. The van der Waals surface area contributed by atoms with Gasteiger partial charge in [-0.1, -0.05) is 31.2 Å². The lowest BCUT2D eigenvalue weighted by molar-refractivity contribution is -0.149. The van der Waals surface area contributed by atoms with Crippen molar-refractivity contribution in [1.29, 1.82) is 0 Å². The fourth-order valence-corrected chi connectivity index (χ4v) is 4.13. The number of hydrogen-bond donors (Lipinski definition) is 2. The summed E-state index contributed by atoms with van der Waals surface area (Å²) in [5, 5.41) is 11.9. The summed E-state index contributed by atoms with van der Waals surface area (Å²) < 4.78 is 25.0. The van der Waals surface area contributed by atoms with E-state index < -0.39 is 17.9 Å². The van der Waals surface area contributed by atoms with Crippen molar-refractivity contribution in [3.63, 3.8) is 0 Å². The first-order chi connectivity index (χ1) is 16.9. The van der Waals surface area contributed by atoms with Crippen LogP contribution in [0.4, 0.5) is 14.9 Å². The number of nitrogens with one attached hydrogen (secondary N) is 1. The molecule has 0 heterocycles. The van der Waals surface area contributed by atoms with Crippen LogP contribution in [0.5, 0.6) is 5.75 Å². The van der Waals surface area contributed by atoms with Gasteiger partial charge < -0.3 is 24.8 Å². The van der Waals surface area contributed by atoms with Crippen LogP contribution in [0, 0.1) is 5.82 Å². The Bertz CT molecular complexity index is 913. The summed E-state index contributed by atoms with van der Waals surface area (Å²) in [6.07, 6.45) is 1.32. The topological polar surface area (TPSA) is 88.1 Å². The Morgan fingerprint density at radius 2 is 1.83 bits per heavy atom. The van der Waals surface area contributed by atoms with E-state index in [9.17, 15) is 19.1 Å². The number of rotatable bonds is 16. The van der Waals surface area contributed by atoms with E-state index in [1.807, 2.05) is 11.8 Å². The molecule has 0 aromatic heterocycles. The van der Waals surface area contributed by atoms with Crippen LogP contribution in [0.25, 0.3) is 0 Å². The van der Waals surface area contributed by atoms with E-state index >= 15 is 0 Å². The van der Waals surface area contributed by atoms with Gasteiger partial charge in [-0.3, -0.25) is 0 Å². The molecule has 7 nitrogen and oxygen atoms in total. The van der Waals surface area contributed by atoms with Gasteiger partial charge in [0, 0.05) is 19.6 Å². The molecule has 35 heavy (non-hydrogen) atoms. The summed E-state index contributed by atoms with van der Waals surface area (Å²) in [6, 6.07) is 12.9. The Kier molecular flexibility index (Phi) is 13.0. The maximum atomic E-state index is 14.0. The molecule has 0 saturated carbocycles. The first-order valence-electron chi connectivity index (χ1n) is 11.9. The van der Waals surface area contributed by atoms with E-state index in [0.717, 1.165) is 29.9 Å². The number of thioether (sulfide) groups is 1. The molecule has 192 valence electrons. The molecule has 0 aliphatic carbocycles. The fraction of sp³-hybridized carbons (Fsp3) is 0.462. The quantitative estimate of drug-likeness (QED) is 0.300. The lowest BCUT2D eigenvalue weighted by Crippen LogP contribution is -2.39. The third-order valence-corrected chi connectivity index (χ3v) is 6.36. The molecule has 0 aliphatic rings. The molecule has 9 heteroatoms. The van der Waals surface area contributed by atoms with Crippen molar-refractivity contribution >= 4 is 29.4 Å². The van der Waals surface area contributed by atoms with E-state index in [2.05, 4.69) is 12.2 Å². The minimum atomic E-state index is -0.992. The molecule has 1 atom stereocenters. The van der Waals surface area contributed by atoms with Crippen LogP contribution in [0.3, 0.4) is 0 Å². The number of urea groups is 1. The van der Waals surface area contributed by atoms with Crippen LogP contribution in [-0.4, -0.2) is 65.9 Å². The molecule has 2 aromatic rings. The molecule has 1 unspecified atom stereocenters. The number of amides is 2. The van der Waals surface area contributed by atoms with Crippen LogP contribution in [-0.2, 0) is 16.0 Å². The fourth-order valence-electron chi connectivity index (χ4n) is 3.30. The van der Waals surface area contributed by atoms with Crippen molar-refractivity contribution in [2.24, 2.45) is 0 Å². The number of carbonyl (C=O) groups excluding carboxylic acids is 1. The lowest BCUT2D eigenvalue weighted by Gasteiger charge is -2.23. The molecule has 0 aliphatic heterocycles. The number of aliphatic carboxylic acids is 1. The van der Waals surface area contributed by atoms with Gasteiger partial charge in [-0.05, 0) is 61.1 Å². The number of anilines is 1. The Morgan fingerprint density at radius 3 is 2.49 bits per heavy atom. The van der Waals surface area contributed by atoms with E-state index in [0.29, 0.717) is 25.4 Å². The van der Waals surface area contributed by atoms with Crippen LogP contribution in [0.1, 0.15) is 32.3 Å². The standard InChI is InChI=1S/C26H35FN2O5S/c1-3-17-35-18-7-14-29(26(32)28-23-9-6-5-8-22(23)27)15-16-34-21-12-10-20(11-13-21)19-24(25(30)31)33-4-2/h5-6,8-13,24H,3-4,7,14-19H2,1-2H3,(H,28,32)(H,30,31). The Labute approximate surface area is 211 Å². The number of hydrogen-bond acceptors (Lipinski definition) is 5. The van der Waals surface area contributed by atoms with Crippen molar-refractivity contribution < 1.29 is 28.6 Å². The van der Waals surface area contributed by atoms with E-state index in [-0.39, 0.29) is 24.7 Å². The van der Waals surface area contributed by atoms with Gasteiger partial charge in [-0.2, -0.15) is 11.8 Å². The SMILES string of the molecule is CCCSCCCN(CCOc1ccc(CC(OCC)C(=O)O)cc1)C(=O)Nc1ccccc1F. The molecular formula is C26H35FN2O5S. The number of benzene rings is 2. The summed E-state index contributed by atoms with van der Waals surface area (Å²) in [5.74, 6) is 1.17. The maximum absolute atomic E-state index is 14.0. The van der Waals surface area contributed by atoms with Crippen molar-refractivity contribution in [3.05, 3.63) is 59.9 Å². The number of para-hydroxylation sites is 1. The molecule has 2 aromatic carbocycles. The van der Waals surface area contributed by atoms with Gasteiger partial charge in [-0.15, -0.1) is 0 Å². The zero-order valence-corrected chi connectivity index (χ0v) is 21.2. The Morgan fingerprint density at radius 1 is 1.09 bits per heavy atom. The third-order valence-electron chi connectivity index (χ3n) is 5.09. The molecule has 0 radical (unpaired) electrons. The predicted octanol–water partition coefficient (Wildman–Crippen LogP) is 5.30.